The molecule has 0 saturated heterocycles. The summed E-state index contributed by atoms with van der Waals surface area (Å²) < 4.78 is 6.89. The average Bonchev–Trinajstić information content (AvgIpc) is 3.87. The molecule has 0 bridgehead atoms. The zero-order valence-electron chi connectivity index (χ0n) is 33.9. The Morgan fingerprint density at radius 3 is 1.92 bits per heavy atom. The van der Waals surface area contributed by atoms with Crippen LogP contribution in [0.5, 0.6) is 0 Å². The highest BCUT2D eigenvalue weighted by Gasteiger charge is 2.51. The number of anilines is 3. The number of rotatable bonds is 5. The minimum atomic E-state index is -0.660. The third kappa shape index (κ3) is 5.40. The smallest absolute Gasteiger partial charge is 0.145 e. The molecule has 63 heavy (non-hydrogen) atoms. The second-order valence-corrected chi connectivity index (χ2v) is 18.0. The monoisotopic (exact) mass is 841 g/mol. The first-order valence-electron chi connectivity index (χ1n) is 21.3. The molecular weight excluding hydrogens is 806 g/mol. The summed E-state index contributed by atoms with van der Waals surface area (Å²) in [6, 6.07) is 79.2. The van der Waals surface area contributed by atoms with Gasteiger partial charge in [0.15, 0.2) is 0 Å². The first-order valence-corrected chi connectivity index (χ1v) is 22.5. The highest BCUT2D eigenvalue weighted by Crippen LogP contribution is 2.64. The van der Waals surface area contributed by atoms with Crippen LogP contribution in [-0.2, 0) is 5.41 Å². The lowest BCUT2D eigenvalue weighted by Crippen LogP contribution is -2.32. The molecule has 2 nitrogen and oxygen atoms in total. The van der Waals surface area contributed by atoms with Crippen molar-refractivity contribution in [1.29, 1.82) is 0 Å². The van der Waals surface area contributed by atoms with Crippen LogP contribution in [0, 0.1) is 0 Å². The Kier molecular flexibility index (Phi) is 8.15. The van der Waals surface area contributed by atoms with Crippen LogP contribution in [0.25, 0.3) is 66.1 Å². The summed E-state index contributed by atoms with van der Waals surface area (Å²) >= 11 is 8.92. The number of fused-ring (bicyclic) bond motifs is 13. The number of para-hydroxylation sites is 2. The van der Waals surface area contributed by atoms with E-state index in [4.69, 9.17) is 16.0 Å². The Hall–Kier alpha value is -7.30. The van der Waals surface area contributed by atoms with Crippen LogP contribution in [0.3, 0.4) is 0 Å². The van der Waals surface area contributed by atoms with Gasteiger partial charge in [-0.05, 0) is 128 Å². The van der Waals surface area contributed by atoms with Crippen molar-refractivity contribution in [2.24, 2.45) is 0 Å². The molecule has 2 heterocycles. The SMILES string of the molecule is Clc1ccc2c(c1)C1(c3ccccc3-c3ccccc31)c1cc(N(c3ccccc3)c3ccc(-c4ccccc4)c4oc5ccccc5c34)cc(-c3ccc4ccccc4c3)c1S2. The third-order valence-corrected chi connectivity index (χ3v) is 14.6. The molecule has 1 aliphatic carbocycles. The van der Waals surface area contributed by atoms with Gasteiger partial charge < -0.3 is 9.32 Å². The van der Waals surface area contributed by atoms with Gasteiger partial charge in [-0.25, -0.2) is 0 Å². The highest BCUT2D eigenvalue weighted by molar-refractivity contribution is 7.99. The summed E-state index contributed by atoms with van der Waals surface area (Å²) in [4.78, 5) is 4.89. The van der Waals surface area contributed by atoms with Crippen LogP contribution in [0.1, 0.15) is 22.3 Å². The fourth-order valence-corrected chi connectivity index (χ4v) is 12.0. The van der Waals surface area contributed by atoms with Crippen molar-refractivity contribution in [1.82, 2.24) is 0 Å². The number of furan rings is 1. The van der Waals surface area contributed by atoms with Gasteiger partial charge in [0.05, 0.1) is 16.5 Å². The molecule has 0 N–H and O–H groups in total. The maximum absolute atomic E-state index is 7.07. The van der Waals surface area contributed by atoms with Crippen molar-refractivity contribution in [3.05, 3.63) is 246 Å². The zero-order valence-corrected chi connectivity index (χ0v) is 35.5. The minimum absolute atomic E-state index is 0.660. The van der Waals surface area contributed by atoms with Gasteiger partial charge in [-0.3, -0.25) is 0 Å². The molecule has 1 aliphatic heterocycles. The molecule has 10 aromatic carbocycles. The van der Waals surface area contributed by atoms with Crippen LogP contribution < -0.4 is 4.90 Å². The molecule has 0 fully saturated rings. The first-order chi connectivity index (χ1) is 31.1. The van der Waals surface area contributed by atoms with Gasteiger partial charge in [0, 0.05) is 37.1 Å². The van der Waals surface area contributed by atoms with E-state index >= 15 is 0 Å². The molecule has 0 atom stereocenters. The van der Waals surface area contributed by atoms with E-state index in [1.54, 1.807) is 0 Å². The molecule has 1 spiro atoms. The Morgan fingerprint density at radius 2 is 1.13 bits per heavy atom. The highest BCUT2D eigenvalue weighted by atomic mass is 35.5. The summed E-state index contributed by atoms with van der Waals surface area (Å²) in [5.41, 5.74) is 16.2. The summed E-state index contributed by atoms with van der Waals surface area (Å²) in [5.74, 6) is 0. The molecule has 4 heteroatoms. The molecule has 0 amide bonds. The lowest BCUT2D eigenvalue weighted by atomic mass is 9.66. The number of hydrogen-bond donors (Lipinski definition) is 0. The quantitative estimate of drug-likeness (QED) is 0.172. The summed E-state index contributed by atoms with van der Waals surface area (Å²) in [7, 11) is 0. The van der Waals surface area contributed by atoms with E-state index in [0.717, 1.165) is 60.7 Å². The number of nitrogens with zero attached hydrogens (tertiary/aromatic N) is 1. The van der Waals surface area contributed by atoms with Crippen molar-refractivity contribution in [3.8, 4) is 33.4 Å². The van der Waals surface area contributed by atoms with E-state index in [1.807, 2.05) is 17.8 Å². The Balaban J connectivity index is 1.18. The first kappa shape index (κ1) is 36.4. The van der Waals surface area contributed by atoms with Gasteiger partial charge >= 0.3 is 0 Å². The van der Waals surface area contributed by atoms with E-state index in [1.165, 1.54) is 59.5 Å². The number of halogens is 1. The molecule has 0 saturated carbocycles. The second-order valence-electron chi connectivity index (χ2n) is 16.5. The van der Waals surface area contributed by atoms with Gasteiger partial charge in [0.1, 0.15) is 11.2 Å². The fraction of sp³-hybridized carbons (Fsp3) is 0.0169. The molecule has 0 radical (unpaired) electrons. The van der Waals surface area contributed by atoms with Crippen LogP contribution in [-0.4, -0.2) is 0 Å². The summed E-state index contributed by atoms with van der Waals surface area (Å²) in [6.45, 7) is 0. The maximum Gasteiger partial charge on any atom is 0.145 e. The van der Waals surface area contributed by atoms with E-state index in [2.05, 4.69) is 217 Å². The van der Waals surface area contributed by atoms with E-state index in [0.29, 0.717) is 0 Å². The Labute approximate surface area is 374 Å². The van der Waals surface area contributed by atoms with Gasteiger partial charge in [-0.2, -0.15) is 0 Å². The van der Waals surface area contributed by atoms with E-state index in [9.17, 15) is 0 Å². The molecule has 0 unspecified atom stereocenters. The number of benzene rings is 10. The maximum atomic E-state index is 7.07. The zero-order chi connectivity index (χ0) is 41.6. The Bertz CT molecular complexity index is 3590. The molecular formula is C59H36ClNOS. The third-order valence-electron chi connectivity index (χ3n) is 13.2. The topological polar surface area (TPSA) is 16.4 Å². The largest absolute Gasteiger partial charge is 0.455 e. The van der Waals surface area contributed by atoms with Crippen molar-refractivity contribution in [2.75, 3.05) is 4.90 Å². The lowest BCUT2D eigenvalue weighted by molar-refractivity contribution is 0.670. The van der Waals surface area contributed by atoms with Crippen molar-refractivity contribution < 1.29 is 4.42 Å². The van der Waals surface area contributed by atoms with Crippen LogP contribution in [0.4, 0.5) is 17.1 Å². The number of hydrogen-bond acceptors (Lipinski definition) is 3. The standard InChI is InChI=1S/C59H36ClNOS/c60-41-29-32-55-51(34-41)59(49-24-12-9-21-45(49)46-22-10-13-25-50(46)59)52-36-43(35-48(58(52)63-55)40-28-27-37-15-7-8-18-39(37)33-40)61(42-19-5-2-6-20-42)53-31-30-44(38-16-3-1-4-17-38)57-56(53)47-23-11-14-26-54(47)62-57/h1-36H. The molecule has 13 rings (SSSR count). The molecule has 1 aromatic heterocycles. The summed E-state index contributed by atoms with van der Waals surface area (Å²) in [5, 5.41) is 5.29. The predicted molar refractivity (Wildman–Crippen MR) is 263 cm³/mol. The van der Waals surface area contributed by atoms with E-state index in [-0.39, 0.29) is 0 Å². The van der Waals surface area contributed by atoms with Gasteiger partial charge in [-0.1, -0.05) is 175 Å². The van der Waals surface area contributed by atoms with Gasteiger partial charge in [0.25, 0.3) is 0 Å². The fourth-order valence-electron chi connectivity index (χ4n) is 10.5. The van der Waals surface area contributed by atoms with E-state index < -0.39 is 5.41 Å². The van der Waals surface area contributed by atoms with Crippen molar-refractivity contribution in [2.45, 2.75) is 15.2 Å². The lowest BCUT2D eigenvalue weighted by Gasteiger charge is -2.41. The summed E-state index contributed by atoms with van der Waals surface area (Å²) in [6.07, 6.45) is 0. The molecule has 296 valence electrons. The average molecular weight is 842 g/mol. The van der Waals surface area contributed by atoms with Gasteiger partial charge in [-0.15, -0.1) is 0 Å². The molecule has 11 aromatic rings. The van der Waals surface area contributed by atoms with Crippen molar-refractivity contribution >= 4 is 73.1 Å². The van der Waals surface area contributed by atoms with Crippen LogP contribution >= 0.6 is 23.4 Å². The van der Waals surface area contributed by atoms with Crippen LogP contribution in [0.2, 0.25) is 5.02 Å². The second kappa shape index (κ2) is 14.1. The Morgan fingerprint density at radius 1 is 0.444 bits per heavy atom. The normalized spacial score (nSPS) is 13.2. The molecule has 2 aliphatic rings. The van der Waals surface area contributed by atoms with Crippen molar-refractivity contribution in [3.63, 3.8) is 0 Å². The minimum Gasteiger partial charge on any atom is -0.455 e. The van der Waals surface area contributed by atoms with Crippen LogP contribution in [0.15, 0.2) is 233 Å². The predicted octanol–water partition coefficient (Wildman–Crippen LogP) is 17.0. The van der Waals surface area contributed by atoms with Gasteiger partial charge in [0.2, 0.25) is 0 Å².